The second kappa shape index (κ2) is 5.69. The zero-order chi connectivity index (χ0) is 13.1. The molecule has 0 saturated carbocycles. The van der Waals surface area contributed by atoms with Crippen molar-refractivity contribution < 1.29 is 8.42 Å². The Bertz CT molecular complexity index is 488. The van der Waals surface area contributed by atoms with Crippen LogP contribution in [0.3, 0.4) is 0 Å². The van der Waals surface area contributed by atoms with E-state index in [1.54, 1.807) is 6.20 Å². The normalized spacial score (nSPS) is 11.5. The fraction of sp³-hybridized carbons (Fsp3) is 0.545. The molecule has 1 aromatic rings. The molecule has 96 valence electrons. The average Bonchev–Trinajstić information content (AvgIpc) is 2.24. The number of rotatable bonds is 5. The molecule has 0 spiro atoms. The second-order valence-electron chi connectivity index (χ2n) is 4.17. The van der Waals surface area contributed by atoms with E-state index in [0.29, 0.717) is 12.4 Å². The van der Waals surface area contributed by atoms with Crippen molar-refractivity contribution in [2.24, 2.45) is 0 Å². The molecule has 4 nitrogen and oxygen atoms in total. The number of pyridine rings is 1. The third kappa shape index (κ3) is 4.52. The Balaban J connectivity index is 2.79. The summed E-state index contributed by atoms with van der Waals surface area (Å²) in [5.74, 6) is 1.35. The molecule has 0 saturated heterocycles. The average molecular weight is 277 g/mol. The van der Waals surface area contributed by atoms with E-state index in [-0.39, 0.29) is 5.75 Å². The number of nitrogens with zero attached hydrogens (tertiary/aromatic N) is 2. The molecule has 0 unspecified atom stereocenters. The molecular weight excluding hydrogens is 260 g/mol. The lowest BCUT2D eigenvalue weighted by molar-refractivity contribution is 0.601. The molecule has 0 radical (unpaired) electrons. The summed E-state index contributed by atoms with van der Waals surface area (Å²) in [4.78, 5) is 6.14. The van der Waals surface area contributed by atoms with Crippen molar-refractivity contribution >= 4 is 27.3 Å². The number of aromatic nitrogens is 1. The van der Waals surface area contributed by atoms with Gasteiger partial charge in [0.2, 0.25) is 0 Å². The Morgan fingerprint density at radius 2 is 2.12 bits per heavy atom. The third-order valence-electron chi connectivity index (χ3n) is 2.42. The molecule has 0 aliphatic rings. The first kappa shape index (κ1) is 14.3. The van der Waals surface area contributed by atoms with Crippen LogP contribution in [0, 0.1) is 6.92 Å². The fourth-order valence-electron chi connectivity index (χ4n) is 1.51. The molecule has 0 aromatic carbocycles. The minimum absolute atomic E-state index is 0.127. The first-order valence-corrected chi connectivity index (χ1v) is 7.83. The lowest BCUT2D eigenvalue weighted by atomic mass is 10.2. The molecule has 0 aliphatic carbocycles. The molecule has 0 fully saturated rings. The molecule has 0 bridgehead atoms. The Morgan fingerprint density at radius 1 is 1.47 bits per heavy atom. The zero-order valence-corrected chi connectivity index (χ0v) is 11.8. The van der Waals surface area contributed by atoms with E-state index in [4.69, 9.17) is 11.6 Å². The van der Waals surface area contributed by atoms with Crippen LogP contribution in [-0.2, 0) is 15.7 Å². The van der Waals surface area contributed by atoms with E-state index in [0.717, 1.165) is 16.9 Å². The number of halogens is 1. The molecule has 0 N–H and O–H groups in total. The minimum Gasteiger partial charge on any atom is -0.358 e. The Labute approximate surface area is 108 Å². The monoisotopic (exact) mass is 276 g/mol. The van der Waals surface area contributed by atoms with Crippen LogP contribution < -0.4 is 4.90 Å². The highest BCUT2D eigenvalue weighted by Gasteiger charge is 2.10. The number of aryl methyl sites for hydroxylation is 1. The van der Waals surface area contributed by atoms with Crippen LogP contribution in [-0.4, -0.2) is 39.0 Å². The van der Waals surface area contributed by atoms with Crippen LogP contribution in [0.5, 0.6) is 0 Å². The summed E-state index contributed by atoms with van der Waals surface area (Å²) in [5, 5.41) is 0. The van der Waals surface area contributed by atoms with Crippen LogP contribution in [0.1, 0.15) is 11.1 Å². The molecule has 0 aliphatic heterocycles. The Kier molecular flexibility index (Phi) is 4.77. The number of anilines is 1. The molecule has 1 rings (SSSR count). The van der Waals surface area contributed by atoms with Crippen molar-refractivity contribution in [2.45, 2.75) is 12.8 Å². The Hall–Kier alpha value is -0.810. The van der Waals surface area contributed by atoms with Gasteiger partial charge in [-0.3, -0.25) is 0 Å². The summed E-state index contributed by atoms with van der Waals surface area (Å²) in [7, 11) is -1.11. The van der Waals surface area contributed by atoms with E-state index in [2.05, 4.69) is 4.98 Å². The van der Waals surface area contributed by atoms with Gasteiger partial charge in [-0.15, -0.1) is 11.6 Å². The SMILES string of the molecule is Cc1cc(CCl)cnc1N(C)CCS(C)(=O)=O. The van der Waals surface area contributed by atoms with Crippen LogP contribution >= 0.6 is 11.6 Å². The minimum atomic E-state index is -2.94. The van der Waals surface area contributed by atoms with Gasteiger partial charge in [0.05, 0.1) is 5.75 Å². The van der Waals surface area contributed by atoms with Crippen molar-refractivity contribution in [1.82, 2.24) is 4.98 Å². The van der Waals surface area contributed by atoms with Gasteiger partial charge in [-0.05, 0) is 24.1 Å². The summed E-state index contributed by atoms with van der Waals surface area (Å²) >= 11 is 5.72. The van der Waals surface area contributed by atoms with Crippen LogP contribution in [0.4, 0.5) is 5.82 Å². The maximum absolute atomic E-state index is 11.1. The lowest BCUT2D eigenvalue weighted by Gasteiger charge is -2.19. The van der Waals surface area contributed by atoms with E-state index >= 15 is 0 Å². The summed E-state index contributed by atoms with van der Waals surface area (Å²) in [6.07, 6.45) is 2.95. The van der Waals surface area contributed by atoms with Crippen LogP contribution in [0.15, 0.2) is 12.3 Å². The van der Waals surface area contributed by atoms with Gasteiger partial charge in [0, 0.05) is 31.9 Å². The van der Waals surface area contributed by atoms with Crippen LogP contribution in [0.25, 0.3) is 0 Å². The second-order valence-corrected chi connectivity index (χ2v) is 6.70. The van der Waals surface area contributed by atoms with Crippen molar-refractivity contribution in [3.8, 4) is 0 Å². The third-order valence-corrected chi connectivity index (χ3v) is 3.65. The number of hydrogen-bond donors (Lipinski definition) is 0. The van der Waals surface area contributed by atoms with Gasteiger partial charge in [0.15, 0.2) is 0 Å². The van der Waals surface area contributed by atoms with E-state index in [9.17, 15) is 8.42 Å². The first-order valence-electron chi connectivity index (χ1n) is 5.24. The summed E-state index contributed by atoms with van der Waals surface area (Å²) in [6, 6.07) is 1.96. The van der Waals surface area contributed by atoms with Crippen molar-refractivity contribution in [1.29, 1.82) is 0 Å². The largest absolute Gasteiger partial charge is 0.358 e. The topological polar surface area (TPSA) is 50.3 Å². The zero-order valence-electron chi connectivity index (χ0n) is 10.3. The van der Waals surface area contributed by atoms with Gasteiger partial charge in [-0.2, -0.15) is 0 Å². The summed E-state index contributed by atoms with van der Waals surface area (Å²) in [5.41, 5.74) is 1.96. The molecule has 1 aromatic heterocycles. The van der Waals surface area contributed by atoms with Gasteiger partial charge in [0.1, 0.15) is 15.7 Å². The van der Waals surface area contributed by atoms with Crippen molar-refractivity contribution in [2.75, 3.05) is 30.5 Å². The maximum atomic E-state index is 11.1. The van der Waals surface area contributed by atoms with Crippen LogP contribution in [0.2, 0.25) is 0 Å². The molecule has 0 amide bonds. The number of sulfone groups is 1. The fourth-order valence-corrected chi connectivity index (χ4v) is 2.26. The first-order chi connectivity index (χ1) is 7.83. The standard InChI is InChI=1S/C11H17ClN2O2S/c1-9-6-10(7-12)8-13-11(9)14(2)4-5-17(3,15)16/h6,8H,4-5,7H2,1-3H3. The van der Waals surface area contributed by atoms with Crippen molar-refractivity contribution in [3.05, 3.63) is 23.4 Å². The predicted molar refractivity (Wildman–Crippen MR) is 71.5 cm³/mol. The predicted octanol–water partition coefficient (Wildman–Crippen LogP) is 1.61. The lowest BCUT2D eigenvalue weighted by Crippen LogP contribution is -2.26. The van der Waals surface area contributed by atoms with E-state index < -0.39 is 9.84 Å². The highest BCUT2D eigenvalue weighted by molar-refractivity contribution is 7.90. The van der Waals surface area contributed by atoms with Gasteiger partial charge in [-0.25, -0.2) is 13.4 Å². The van der Waals surface area contributed by atoms with Gasteiger partial charge >= 0.3 is 0 Å². The Morgan fingerprint density at radius 3 is 2.59 bits per heavy atom. The number of alkyl halides is 1. The maximum Gasteiger partial charge on any atom is 0.149 e. The molecule has 0 atom stereocenters. The summed E-state index contributed by atoms with van der Waals surface area (Å²) in [6.45, 7) is 2.38. The highest BCUT2D eigenvalue weighted by atomic mass is 35.5. The van der Waals surface area contributed by atoms with Gasteiger partial charge < -0.3 is 4.90 Å². The smallest absolute Gasteiger partial charge is 0.149 e. The van der Waals surface area contributed by atoms with E-state index in [1.165, 1.54) is 6.26 Å². The van der Waals surface area contributed by atoms with Crippen molar-refractivity contribution in [3.63, 3.8) is 0 Å². The van der Waals surface area contributed by atoms with Gasteiger partial charge in [0.25, 0.3) is 0 Å². The van der Waals surface area contributed by atoms with Gasteiger partial charge in [-0.1, -0.05) is 0 Å². The van der Waals surface area contributed by atoms with E-state index in [1.807, 2.05) is 24.9 Å². The highest BCUT2D eigenvalue weighted by Crippen LogP contribution is 2.17. The quantitative estimate of drug-likeness (QED) is 0.767. The molecule has 17 heavy (non-hydrogen) atoms. The number of hydrogen-bond acceptors (Lipinski definition) is 4. The molecule has 1 heterocycles. The molecule has 6 heteroatoms. The molecular formula is C11H17ClN2O2S. The summed E-state index contributed by atoms with van der Waals surface area (Å²) < 4.78 is 22.2.